The molecule has 2 nitrogen and oxygen atoms in total. The molecule has 2 rings (SSSR count). The molecule has 0 radical (unpaired) electrons. The van der Waals surface area contributed by atoms with Gasteiger partial charge in [0.2, 0.25) is 0 Å². The summed E-state index contributed by atoms with van der Waals surface area (Å²) in [5, 5.41) is 3.42. The fraction of sp³-hybridized carbons (Fsp3) is 0.364. The van der Waals surface area contributed by atoms with Gasteiger partial charge in [0.05, 0.1) is 17.2 Å². The minimum absolute atomic E-state index is 0.896. The van der Waals surface area contributed by atoms with Gasteiger partial charge in [0.1, 0.15) is 0 Å². The van der Waals surface area contributed by atoms with Gasteiger partial charge in [-0.05, 0) is 25.0 Å². The van der Waals surface area contributed by atoms with Crippen LogP contribution in [0, 0.1) is 0 Å². The Balaban J connectivity index is 2.03. The van der Waals surface area contributed by atoms with E-state index in [9.17, 15) is 0 Å². The Kier molecular flexibility index (Phi) is 2.99. The van der Waals surface area contributed by atoms with Crippen molar-refractivity contribution in [3.8, 4) is 0 Å². The minimum atomic E-state index is 0.896. The molecular weight excluding hydrogens is 192 g/mol. The molecule has 14 heavy (non-hydrogen) atoms. The summed E-state index contributed by atoms with van der Waals surface area (Å²) in [4.78, 5) is 4.57. The number of aromatic nitrogens is 2. The van der Waals surface area contributed by atoms with Crippen molar-refractivity contribution in [2.24, 2.45) is 0 Å². The summed E-state index contributed by atoms with van der Waals surface area (Å²) in [6, 6.07) is 4.08. The van der Waals surface area contributed by atoms with Gasteiger partial charge < -0.3 is 4.57 Å². The average molecular weight is 206 g/mol. The summed E-state index contributed by atoms with van der Waals surface area (Å²) in [5.74, 6) is 0. The molecule has 0 atom stereocenters. The van der Waals surface area contributed by atoms with E-state index in [1.54, 1.807) is 11.3 Å². The number of nitrogens with zero attached hydrogens (tertiary/aromatic N) is 2. The van der Waals surface area contributed by atoms with Crippen molar-refractivity contribution in [3.05, 3.63) is 40.6 Å². The van der Waals surface area contributed by atoms with Gasteiger partial charge in [-0.25, -0.2) is 4.98 Å². The third-order valence-electron chi connectivity index (χ3n) is 2.07. The summed E-state index contributed by atoms with van der Waals surface area (Å²) in [6.07, 6.45) is 6.42. The maximum atomic E-state index is 4.57. The highest BCUT2D eigenvalue weighted by molar-refractivity contribution is 7.09. The molecule has 2 aromatic heterocycles. The van der Waals surface area contributed by atoms with Gasteiger partial charge in [0.25, 0.3) is 0 Å². The lowest BCUT2D eigenvalue weighted by Crippen LogP contribution is -1.96. The Morgan fingerprint density at radius 1 is 1.36 bits per heavy atom. The molecule has 0 saturated carbocycles. The predicted molar refractivity (Wildman–Crippen MR) is 59.6 cm³/mol. The van der Waals surface area contributed by atoms with E-state index in [-0.39, 0.29) is 0 Å². The summed E-state index contributed by atoms with van der Waals surface area (Å²) in [5.41, 5.74) is 1.18. The lowest BCUT2D eigenvalue weighted by molar-refractivity contribution is 0.777. The third-order valence-corrected chi connectivity index (χ3v) is 3.03. The highest BCUT2D eigenvalue weighted by Crippen LogP contribution is 2.12. The first-order valence-corrected chi connectivity index (χ1v) is 5.80. The van der Waals surface area contributed by atoms with Crippen molar-refractivity contribution in [2.75, 3.05) is 0 Å². The van der Waals surface area contributed by atoms with Crippen molar-refractivity contribution >= 4 is 11.3 Å². The summed E-state index contributed by atoms with van der Waals surface area (Å²) < 4.78 is 2.14. The van der Waals surface area contributed by atoms with Crippen LogP contribution in [0.4, 0.5) is 0 Å². The fourth-order valence-corrected chi connectivity index (χ4v) is 2.30. The van der Waals surface area contributed by atoms with Crippen LogP contribution < -0.4 is 0 Å². The first-order chi connectivity index (χ1) is 6.88. The Hall–Kier alpha value is -1.09. The maximum absolute atomic E-state index is 4.57. The van der Waals surface area contributed by atoms with Gasteiger partial charge in [-0.2, -0.15) is 0 Å². The Bertz CT molecular complexity index is 376. The Labute approximate surface area is 88.2 Å². The van der Waals surface area contributed by atoms with Crippen LogP contribution in [0.5, 0.6) is 0 Å². The van der Waals surface area contributed by atoms with Gasteiger partial charge >= 0.3 is 0 Å². The molecule has 0 bridgehead atoms. The zero-order valence-electron chi connectivity index (χ0n) is 8.31. The van der Waals surface area contributed by atoms with E-state index >= 15 is 0 Å². The van der Waals surface area contributed by atoms with Gasteiger partial charge in [-0.15, -0.1) is 11.3 Å². The van der Waals surface area contributed by atoms with E-state index in [2.05, 4.69) is 34.2 Å². The van der Waals surface area contributed by atoms with Crippen LogP contribution in [0.15, 0.2) is 29.9 Å². The zero-order valence-corrected chi connectivity index (χ0v) is 9.13. The second kappa shape index (κ2) is 4.42. The normalized spacial score (nSPS) is 10.6. The van der Waals surface area contributed by atoms with Gasteiger partial charge in [0.15, 0.2) is 0 Å². The van der Waals surface area contributed by atoms with E-state index in [1.807, 2.05) is 12.1 Å². The number of hydrogen-bond donors (Lipinski definition) is 0. The van der Waals surface area contributed by atoms with Gasteiger partial charge in [0, 0.05) is 17.8 Å². The zero-order chi connectivity index (χ0) is 9.80. The van der Waals surface area contributed by atoms with Crippen LogP contribution in [0.3, 0.4) is 0 Å². The highest BCUT2D eigenvalue weighted by atomic mass is 32.1. The maximum Gasteiger partial charge on any atom is 0.0928 e. The van der Waals surface area contributed by atoms with Crippen molar-refractivity contribution in [3.63, 3.8) is 0 Å². The van der Waals surface area contributed by atoms with Crippen LogP contribution in [-0.4, -0.2) is 9.55 Å². The molecule has 0 aliphatic rings. The standard InChI is InChI=1S/C11H14N2S/c1-2-5-11-12-10(9-14-11)8-13-6-3-4-7-13/h3-4,6-7,9H,2,5,8H2,1H3. The lowest BCUT2D eigenvalue weighted by atomic mass is 10.3. The minimum Gasteiger partial charge on any atom is -0.348 e. The van der Waals surface area contributed by atoms with Gasteiger partial charge in [-0.3, -0.25) is 0 Å². The van der Waals surface area contributed by atoms with E-state index in [0.717, 1.165) is 13.0 Å². The molecule has 0 saturated heterocycles. The average Bonchev–Trinajstić information content (AvgIpc) is 2.79. The molecule has 0 aromatic carbocycles. The topological polar surface area (TPSA) is 17.8 Å². The van der Waals surface area contributed by atoms with Crippen LogP contribution in [0.1, 0.15) is 24.0 Å². The fourth-order valence-electron chi connectivity index (χ4n) is 1.41. The monoisotopic (exact) mass is 206 g/mol. The largest absolute Gasteiger partial charge is 0.348 e. The van der Waals surface area contributed by atoms with E-state index in [1.165, 1.54) is 17.1 Å². The smallest absolute Gasteiger partial charge is 0.0928 e. The van der Waals surface area contributed by atoms with E-state index in [0.29, 0.717) is 0 Å². The Morgan fingerprint density at radius 3 is 2.86 bits per heavy atom. The predicted octanol–water partition coefficient (Wildman–Crippen LogP) is 2.95. The quantitative estimate of drug-likeness (QED) is 0.752. The first kappa shape index (κ1) is 9.46. The second-order valence-electron chi connectivity index (χ2n) is 3.34. The molecule has 0 spiro atoms. The molecule has 2 heterocycles. The summed E-state index contributed by atoms with van der Waals surface area (Å²) in [6.45, 7) is 3.08. The van der Waals surface area contributed by atoms with Crippen LogP contribution >= 0.6 is 11.3 Å². The molecule has 0 unspecified atom stereocenters. The van der Waals surface area contributed by atoms with Crippen molar-refractivity contribution in [1.29, 1.82) is 0 Å². The molecule has 3 heteroatoms. The van der Waals surface area contributed by atoms with Gasteiger partial charge in [-0.1, -0.05) is 6.92 Å². The summed E-state index contributed by atoms with van der Waals surface area (Å²) in [7, 11) is 0. The second-order valence-corrected chi connectivity index (χ2v) is 4.28. The number of hydrogen-bond acceptors (Lipinski definition) is 2. The van der Waals surface area contributed by atoms with Crippen LogP contribution in [0.2, 0.25) is 0 Å². The molecule has 0 amide bonds. The number of rotatable bonds is 4. The molecule has 0 N–H and O–H groups in total. The SMILES string of the molecule is CCCc1nc(Cn2cccc2)cs1. The Morgan fingerprint density at radius 2 is 2.14 bits per heavy atom. The molecule has 74 valence electrons. The van der Waals surface area contributed by atoms with E-state index < -0.39 is 0 Å². The molecule has 0 aliphatic carbocycles. The van der Waals surface area contributed by atoms with Crippen molar-refractivity contribution < 1.29 is 0 Å². The molecule has 0 fully saturated rings. The summed E-state index contributed by atoms with van der Waals surface area (Å²) >= 11 is 1.77. The highest BCUT2D eigenvalue weighted by Gasteiger charge is 2.00. The molecule has 2 aromatic rings. The van der Waals surface area contributed by atoms with Crippen LogP contribution in [-0.2, 0) is 13.0 Å². The third kappa shape index (κ3) is 2.23. The lowest BCUT2D eigenvalue weighted by Gasteiger charge is -1.97. The van der Waals surface area contributed by atoms with Crippen molar-refractivity contribution in [2.45, 2.75) is 26.3 Å². The molecule has 0 aliphatic heterocycles. The molecular formula is C11H14N2S. The van der Waals surface area contributed by atoms with E-state index in [4.69, 9.17) is 0 Å². The number of aryl methyl sites for hydroxylation is 1. The number of thiazole rings is 1. The van der Waals surface area contributed by atoms with Crippen LogP contribution in [0.25, 0.3) is 0 Å². The van der Waals surface area contributed by atoms with Crippen molar-refractivity contribution in [1.82, 2.24) is 9.55 Å². The first-order valence-electron chi connectivity index (χ1n) is 4.92.